The third-order valence-corrected chi connectivity index (χ3v) is 3.26. The molecule has 1 aromatic rings. The summed E-state index contributed by atoms with van der Waals surface area (Å²) in [7, 11) is 0. The maximum absolute atomic E-state index is 12.2. The Kier molecular flexibility index (Phi) is 4.91. The van der Waals surface area contributed by atoms with Crippen molar-refractivity contribution in [3.63, 3.8) is 0 Å². The van der Waals surface area contributed by atoms with Crippen molar-refractivity contribution in [3.05, 3.63) is 28.2 Å². The van der Waals surface area contributed by atoms with E-state index in [1.54, 1.807) is 30.0 Å². The summed E-state index contributed by atoms with van der Waals surface area (Å²) in [5, 5.41) is 0.960. The summed E-state index contributed by atoms with van der Waals surface area (Å²) in [6.45, 7) is 4.06. The van der Waals surface area contributed by atoms with Crippen LogP contribution in [0.4, 0.5) is 0 Å². The molecular weight excluding hydrogens is 289 g/mol. The quantitative estimate of drug-likeness (QED) is 0.861. The van der Waals surface area contributed by atoms with Crippen LogP contribution in [-0.2, 0) is 9.53 Å². The topological polar surface area (TPSA) is 38.8 Å². The monoisotopic (exact) mass is 303 g/mol. The van der Waals surface area contributed by atoms with Crippen molar-refractivity contribution in [1.29, 1.82) is 0 Å². The van der Waals surface area contributed by atoms with Crippen molar-refractivity contribution in [2.24, 2.45) is 0 Å². The fourth-order valence-electron chi connectivity index (χ4n) is 1.89. The van der Waals surface area contributed by atoms with E-state index in [0.717, 1.165) is 0 Å². The van der Waals surface area contributed by atoms with E-state index < -0.39 is 6.10 Å². The van der Waals surface area contributed by atoms with Gasteiger partial charge in [-0.3, -0.25) is 4.79 Å². The van der Waals surface area contributed by atoms with Gasteiger partial charge in [0.1, 0.15) is 5.75 Å². The molecule has 0 spiro atoms. The summed E-state index contributed by atoms with van der Waals surface area (Å²) in [6.07, 6.45) is -0.576. The molecule has 19 heavy (non-hydrogen) atoms. The molecule has 1 heterocycles. The number of benzene rings is 1. The molecule has 0 aromatic heterocycles. The van der Waals surface area contributed by atoms with Crippen LogP contribution < -0.4 is 4.74 Å². The second-order valence-electron chi connectivity index (χ2n) is 4.30. The molecule has 1 fully saturated rings. The molecule has 0 radical (unpaired) electrons. The normalized spacial score (nSPS) is 17.1. The van der Waals surface area contributed by atoms with Gasteiger partial charge in [-0.2, -0.15) is 0 Å². The zero-order chi connectivity index (χ0) is 13.8. The lowest BCUT2D eigenvalue weighted by molar-refractivity contribution is -0.142. The second-order valence-corrected chi connectivity index (χ2v) is 5.18. The first-order valence-corrected chi connectivity index (χ1v) is 6.81. The number of nitrogens with zero attached hydrogens (tertiary/aromatic N) is 1. The summed E-state index contributed by atoms with van der Waals surface area (Å²) in [6, 6.07) is 4.89. The van der Waals surface area contributed by atoms with E-state index >= 15 is 0 Å². The fraction of sp³-hybridized carbons (Fsp3) is 0.462. The molecule has 1 aliphatic rings. The molecule has 6 heteroatoms. The van der Waals surface area contributed by atoms with E-state index in [9.17, 15) is 4.79 Å². The lowest BCUT2D eigenvalue weighted by Crippen LogP contribution is -2.46. The minimum absolute atomic E-state index is 0.0561. The molecule has 0 bridgehead atoms. The van der Waals surface area contributed by atoms with Crippen molar-refractivity contribution >= 4 is 29.1 Å². The summed E-state index contributed by atoms with van der Waals surface area (Å²) in [4.78, 5) is 13.9. The Labute approximate surface area is 122 Å². The lowest BCUT2D eigenvalue weighted by atomic mass is 10.3. The van der Waals surface area contributed by atoms with Crippen LogP contribution in [0.3, 0.4) is 0 Å². The highest BCUT2D eigenvalue weighted by Gasteiger charge is 2.23. The van der Waals surface area contributed by atoms with Gasteiger partial charge in [-0.05, 0) is 25.1 Å². The van der Waals surface area contributed by atoms with Crippen LogP contribution in [0.2, 0.25) is 10.0 Å². The van der Waals surface area contributed by atoms with Crippen LogP contribution in [0.25, 0.3) is 0 Å². The minimum Gasteiger partial charge on any atom is -0.481 e. The van der Waals surface area contributed by atoms with E-state index in [1.165, 1.54) is 0 Å². The van der Waals surface area contributed by atoms with Gasteiger partial charge in [0.05, 0.1) is 13.2 Å². The van der Waals surface area contributed by atoms with Gasteiger partial charge in [-0.15, -0.1) is 0 Å². The van der Waals surface area contributed by atoms with Gasteiger partial charge in [0.2, 0.25) is 0 Å². The Balaban J connectivity index is 1.99. The molecule has 4 nitrogen and oxygen atoms in total. The van der Waals surface area contributed by atoms with E-state index in [4.69, 9.17) is 32.7 Å². The van der Waals surface area contributed by atoms with Gasteiger partial charge < -0.3 is 14.4 Å². The van der Waals surface area contributed by atoms with Gasteiger partial charge in [0.15, 0.2) is 6.10 Å². The number of amides is 1. The van der Waals surface area contributed by atoms with Gasteiger partial charge in [-0.25, -0.2) is 0 Å². The third-order valence-electron chi connectivity index (χ3n) is 2.82. The van der Waals surface area contributed by atoms with Crippen molar-refractivity contribution in [2.75, 3.05) is 26.3 Å². The number of halogens is 2. The number of rotatable bonds is 3. The predicted octanol–water partition coefficient (Wildman–Crippen LogP) is 2.62. The Morgan fingerprint density at radius 3 is 2.42 bits per heavy atom. The molecular formula is C13H15Cl2NO3. The van der Waals surface area contributed by atoms with E-state index in [-0.39, 0.29) is 5.91 Å². The molecule has 1 saturated heterocycles. The Bertz CT molecular complexity index is 441. The maximum Gasteiger partial charge on any atom is 0.263 e. The third kappa shape index (κ3) is 4.00. The molecule has 1 aromatic carbocycles. The summed E-state index contributed by atoms with van der Waals surface area (Å²) in [5.74, 6) is 0.436. The zero-order valence-corrected chi connectivity index (χ0v) is 12.1. The summed E-state index contributed by atoms with van der Waals surface area (Å²) >= 11 is 11.8. The van der Waals surface area contributed by atoms with Crippen LogP contribution >= 0.6 is 23.2 Å². The lowest BCUT2D eigenvalue weighted by Gasteiger charge is -2.29. The van der Waals surface area contributed by atoms with E-state index in [2.05, 4.69) is 0 Å². The average Bonchev–Trinajstić information content (AvgIpc) is 2.37. The average molecular weight is 304 g/mol. The highest BCUT2D eigenvalue weighted by Crippen LogP contribution is 2.25. The number of hydrogen-bond acceptors (Lipinski definition) is 3. The van der Waals surface area contributed by atoms with Gasteiger partial charge >= 0.3 is 0 Å². The number of hydrogen-bond donors (Lipinski definition) is 0. The summed E-state index contributed by atoms with van der Waals surface area (Å²) < 4.78 is 10.8. The fourth-order valence-corrected chi connectivity index (χ4v) is 2.40. The Hall–Kier alpha value is -0.970. The molecule has 104 valence electrons. The van der Waals surface area contributed by atoms with Crippen LogP contribution in [0, 0.1) is 0 Å². The van der Waals surface area contributed by atoms with Gasteiger partial charge in [-0.1, -0.05) is 23.2 Å². The molecule has 0 aliphatic carbocycles. The Morgan fingerprint density at radius 2 is 1.84 bits per heavy atom. The predicted molar refractivity (Wildman–Crippen MR) is 74.0 cm³/mol. The molecule has 1 amide bonds. The van der Waals surface area contributed by atoms with Gasteiger partial charge in [0, 0.05) is 23.1 Å². The van der Waals surface area contributed by atoms with E-state index in [1.807, 2.05) is 0 Å². The molecule has 2 rings (SSSR count). The van der Waals surface area contributed by atoms with Crippen molar-refractivity contribution in [2.45, 2.75) is 13.0 Å². The highest BCUT2D eigenvalue weighted by molar-refractivity contribution is 6.34. The van der Waals surface area contributed by atoms with Gasteiger partial charge in [0.25, 0.3) is 5.91 Å². The first-order valence-electron chi connectivity index (χ1n) is 6.05. The van der Waals surface area contributed by atoms with Crippen molar-refractivity contribution < 1.29 is 14.3 Å². The van der Waals surface area contributed by atoms with Crippen molar-refractivity contribution in [1.82, 2.24) is 4.90 Å². The zero-order valence-electron chi connectivity index (χ0n) is 10.6. The van der Waals surface area contributed by atoms with E-state index in [0.29, 0.717) is 42.1 Å². The smallest absolute Gasteiger partial charge is 0.263 e. The first kappa shape index (κ1) is 14.4. The highest BCUT2D eigenvalue weighted by atomic mass is 35.5. The van der Waals surface area contributed by atoms with Crippen LogP contribution in [0.5, 0.6) is 5.75 Å². The largest absolute Gasteiger partial charge is 0.481 e. The van der Waals surface area contributed by atoms with Crippen LogP contribution in [-0.4, -0.2) is 43.2 Å². The van der Waals surface area contributed by atoms with Crippen LogP contribution in [0.15, 0.2) is 18.2 Å². The first-order chi connectivity index (χ1) is 9.06. The number of carbonyl (C=O) groups excluding carboxylic acids is 1. The minimum atomic E-state index is -0.576. The number of carbonyl (C=O) groups is 1. The number of morpholine rings is 1. The second kappa shape index (κ2) is 6.46. The molecule has 1 atom stereocenters. The standard InChI is InChI=1S/C13H15Cl2NO3/c1-9(13(17)16-2-4-18-5-3-16)19-12-7-10(14)6-11(15)8-12/h6-9H,2-5H2,1H3/t9-/m1/s1. The molecule has 0 N–H and O–H groups in total. The number of ether oxygens (including phenoxy) is 2. The SMILES string of the molecule is C[C@@H](Oc1cc(Cl)cc(Cl)c1)C(=O)N1CCOCC1. The Morgan fingerprint density at radius 1 is 1.26 bits per heavy atom. The molecule has 1 aliphatic heterocycles. The molecule has 0 unspecified atom stereocenters. The van der Waals surface area contributed by atoms with Crippen molar-refractivity contribution in [3.8, 4) is 5.75 Å². The van der Waals surface area contributed by atoms with Crippen LogP contribution in [0.1, 0.15) is 6.92 Å². The summed E-state index contributed by atoms with van der Waals surface area (Å²) in [5.41, 5.74) is 0. The maximum atomic E-state index is 12.2. The molecule has 0 saturated carbocycles.